The van der Waals surface area contributed by atoms with E-state index in [1.807, 2.05) is 13.8 Å². The second kappa shape index (κ2) is 6.76. The summed E-state index contributed by atoms with van der Waals surface area (Å²) < 4.78 is 4.87. The highest BCUT2D eigenvalue weighted by Gasteiger charge is 2.48. The second-order valence-electron chi connectivity index (χ2n) is 7.03. The Morgan fingerprint density at radius 3 is 2.35 bits per heavy atom. The Balaban J connectivity index is 1.88. The molecular weight excluding hydrogens is 300 g/mol. The van der Waals surface area contributed by atoms with Crippen LogP contribution >= 0.6 is 0 Å². The molecule has 7 heteroatoms. The smallest absolute Gasteiger partial charge is 0.317 e. The zero-order valence-electron chi connectivity index (χ0n) is 14.0. The molecule has 2 aliphatic rings. The lowest BCUT2D eigenvalue weighted by atomic mass is 9.81. The van der Waals surface area contributed by atoms with E-state index < -0.39 is 11.4 Å². The lowest BCUT2D eigenvalue weighted by Gasteiger charge is -2.29. The standard InChI is InChI=1S/C16H26N2O5/c1-10-8-18(9-16(10,2)14(21)23-3)15(22)17-12-6-4-11(5-7-12)13(19)20/h10-12H,4-9H2,1-3H3,(H,17,22)(H,19,20)/t10-,11?,12?,16-/m1/s1. The van der Waals surface area contributed by atoms with E-state index >= 15 is 0 Å². The van der Waals surface area contributed by atoms with Crippen LogP contribution in [-0.2, 0) is 14.3 Å². The fourth-order valence-corrected chi connectivity index (χ4v) is 3.55. The highest BCUT2D eigenvalue weighted by Crippen LogP contribution is 2.36. The van der Waals surface area contributed by atoms with Gasteiger partial charge in [0.1, 0.15) is 0 Å². The summed E-state index contributed by atoms with van der Waals surface area (Å²) in [5.41, 5.74) is -0.674. The number of nitrogens with zero attached hydrogens (tertiary/aromatic N) is 1. The van der Waals surface area contributed by atoms with Gasteiger partial charge in [-0.15, -0.1) is 0 Å². The Morgan fingerprint density at radius 1 is 1.22 bits per heavy atom. The van der Waals surface area contributed by atoms with Crippen LogP contribution in [0.3, 0.4) is 0 Å². The number of amides is 2. The van der Waals surface area contributed by atoms with Crippen molar-refractivity contribution in [3.63, 3.8) is 0 Å². The summed E-state index contributed by atoms with van der Waals surface area (Å²) >= 11 is 0. The number of hydrogen-bond acceptors (Lipinski definition) is 4. The lowest BCUT2D eigenvalue weighted by molar-refractivity contribution is -0.152. The third-order valence-corrected chi connectivity index (χ3v) is 5.44. The van der Waals surface area contributed by atoms with Crippen molar-refractivity contribution in [1.82, 2.24) is 10.2 Å². The van der Waals surface area contributed by atoms with E-state index in [0.29, 0.717) is 38.8 Å². The summed E-state index contributed by atoms with van der Waals surface area (Å²) in [4.78, 5) is 37.0. The van der Waals surface area contributed by atoms with Gasteiger partial charge in [-0.3, -0.25) is 9.59 Å². The van der Waals surface area contributed by atoms with Gasteiger partial charge in [0.05, 0.1) is 18.4 Å². The number of urea groups is 1. The Bertz CT molecular complexity index is 487. The summed E-state index contributed by atoms with van der Waals surface area (Å²) in [6, 6.07) is -0.165. The summed E-state index contributed by atoms with van der Waals surface area (Å²) in [7, 11) is 1.37. The molecule has 2 rings (SSSR count). The monoisotopic (exact) mass is 326 g/mol. The minimum absolute atomic E-state index is 0.0124. The SMILES string of the molecule is COC(=O)[C@]1(C)CN(C(=O)NC2CCC(C(=O)O)CC2)C[C@H]1C. The quantitative estimate of drug-likeness (QED) is 0.766. The number of rotatable bonds is 3. The zero-order valence-corrected chi connectivity index (χ0v) is 14.0. The number of esters is 1. The summed E-state index contributed by atoms with van der Waals surface area (Å²) in [6.07, 6.45) is 2.55. The molecule has 2 fully saturated rings. The third kappa shape index (κ3) is 3.59. The maximum atomic E-state index is 12.4. The van der Waals surface area contributed by atoms with Crippen LogP contribution in [0.25, 0.3) is 0 Å². The first-order valence-corrected chi connectivity index (χ1v) is 8.14. The number of methoxy groups -OCH3 is 1. The topological polar surface area (TPSA) is 95.9 Å². The molecular formula is C16H26N2O5. The second-order valence-corrected chi connectivity index (χ2v) is 7.03. The number of likely N-dealkylation sites (tertiary alicyclic amines) is 1. The van der Waals surface area contributed by atoms with Crippen LogP contribution in [0.1, 0.15) is 39.5 Å². The van der Waals surface area contributed by atoms with Gasteiger partial charge >= 0.3 is 18.0 Å². The highest BCUT2D eigenvalue weighted by atomic mass is 16.5. The van der Waals surface area contributed by atoms with Crippen molar-refractivity contribution < 1.29 is 24.2 Å². The van der Waals surface area contributed by atoms with E-state index in [1.165, 1.54) is 7.11 Å². The van der Waals surface area contributed by atoms with Crippen LogP contribution < -0.4 is 5.32 Å². The molecule has 2 amide bonds. The molecule has 0 bridgehead atoms. The summed E-state index contributed by atoms with van der Waals surface area (Å²) in [6.45, 7) is 4.64. The van der Waals surface area contributed by atoms with E-state index in [0.717, 1.165) is 0 Å². The Kier molecular flexibility index (Phi) is 5.16. The van der Waals surface area contributed by atoms with Gasteiger partial charge in [0.15, 0.2) is 0 Å². The largest absolute Gasteiger partial charge is 0.481 e. The molecule has 130 valence electrons. The van der Waals surface area contributed by atoms with E-state index in [-0.39, 0.29) is 29.9 Å². The van der Waals surface area contributed by atoms with Crippen molar-refractivity contribution in [2.24, 2.45) is 17.3 Å². The predicted octanol–water partition coefficient (Wildman–Crippen LogP) is 1.47. The first-order valence-electron chi connectivity index (χ1n) is 8.14. The third-order valence-electron chi connectivity index (χ3n) is 5.44. The maximum absolute atomic E-state index is 12.4. The van der Waals surface area contributed by atoms with Gasteiger partial charge in [-0.25, -0.2) is 4.79 Å². The van der Waals surface area contributed by atoms with Gasteiger partial charge in [0.25, 0.3) is 0 Å². The first kappa shape index (κ1) is 17.6. The number of carboxylic acid groups (broad SMARTS) is 1. The summed E-state index contributed by atoms with van der Waals surface area (Å²) in [5.74, 6) is -1.31. The number of nitrogens with one attached hydrogen (secondary N) is 1. The molecule has 0 spiro atoms. The molecule has 0 unspecified atom stereocenters. The van der Waals surface area contributed by atoms with Crippen molar-refractivity contribution in [2.45, 2.75) is 45.6 Å². The highest BCUT2D eigenvalue weighted by molar-refractivity contribution is 5.81. The van der Waals surface area contributed by atoms with Gasteiger partial charge in [-0.2, -0.15) is 0 Å². The van der Waals surface area contributed by atoms with Crippen molar-refractivity contribution in [2.75, 3.05) is 20.2 Å². The molecule has 1 saturated heterocycles. The van der Waals surface area contributed by atoms with E-state index in [1.54, 1.807) is 4.90 Å². The lowest BCUT2D eigenvalue weighted by Crippen LogP contribution is -2.46. The average Bonchev–Trinajstić information content (AvgIpc) is 2.84. The molecule has 1 aliphatic heterocycles. The normalized spacial score (nSPS) is 34.0. The van der Waals surface area contributed by atoms with Crippen molar-refractivity contribution in [3.05, 3.63) is 0 Å². The van der Waals surface area contributed by atoms with E-state index in [4.69, 9.17) is 9.84 Å². The molecule has 2 N–H and O–H groups in total. The number of carbonyl (C=O) groups excluding carboxylic acids is 2. The minimum Gasteiger partial charge on any atom is -0.481 e. The maximum Gasteiger partial charge on any atom is 0.317 e. The number of aliphatic carboxylic acids is 1. The van der Waals surface area contributed by atoms with Gasteiger partial charge in [-0.05, 0) is 38.5 Å². The molecule has 23 heavy (non-hydrogen) atoms. The fourth-order valence-electron chi connectivity index (χ4n) is 3.55. The Labute approximate surface area is 136 Å². The minimum atomic E-state index is -0.753. The predicted molar refractivity (Wildman–Crippen MR) is 82.8 cm³/mol. The molecule has 1 aliphatic carbocycles. The van der Waals surface area contributed by atoms with Crippen LogP contribution in [-0.4, -0.2) is 54.2 Å². The molecule has 0 aromatic rings. The fraction of sp³-hybridized carbons (Fsp3) is 0.812. The number of carbonyl (C=O) groups is 3. The van der Waals surface area contributed by atoms with E-state index in [9.17, 15) is 14.4 Å². The zero-order chi connectivity index (χ0) is 17.2. The Hall–Kier alpha value is -1.79. The van der Waals surface area contributed by atoms with Crippen LogP contribution in [0.2, 0.25) is 0 Å². The molecule has 1 saturated carbocycles. The molecule has 1 heterocycles. The van der Waals surface area contributed by atoms with Crippen LogP contribution in [0.4, 0.5) is 4.79 Å². The van der Waals surface area contributed by atoms with Crippen molar-refractivity contribution >= 4 is 18.0 Å². The van der Waals surface area contributed by atoms with Crippen LogP contribution in [0.15, 0.2) is 0 Å². The van der Waals surface area contributed by atoms with Gasteiger partial charge in [0.2, 0.25) is 0 Å². The first-order chi connectivity index (χ1) is 10.8. The number of hydrogen-bond donors (Lipinski definition) is 2. The van der Waals surface area contributed by atoms with Crippen LogP contribution in [0.5, 0.6) is 0 Å². The molecule has 0 radical (unpaired) electrons. The number of carboxylic acids is 1. The molecule has 0 aromatic heterocycles. The van der Waals surface area contributed by atoms with Crippen molar-refractivity contribution in [1.29, 1.82) is 0 Å². The number of ether oxygens (including phenoxy) is 1. The van der Waals surface area contributed by atoms with Crippen LogP contribution in [0, 0.1) is 17.3 Å². The van der Waals surface area contributed by atoms with Gasteiger partial charge < -0.3 is 20.1 Å². The molecule has 0 aromatic carbocycles. The average molecular weight is 326 g/mol. The van der Waals surface area contributed by atoms with Gasteiger partial charge in [0, 0.05) is 19.1 Å². The molecule has 7 nitrogen and oxygen atoms in total. The van der Waals surface area contributed by atoms with E-state index in [2.05, 4.69) is 5.32 Å². The van der Waals surface area contributed by atoms with Gasteiger partial charge in [-0.1, -0.05) is 6.92 Å². The Morgan fingerprint density at radius 2 is 1.83 bits per heavy atom. The van der Waals surface area contributed by atoms with Crippen molar-refractivity contribution in [3.8, 4) is 0 Å². The summed E-state index contributed by atoms with van der Waals surface area (Å²) in [5, 5.41) is 12.0. The molecule has 2 atom stereocenters.